The molecular weight excluding hydrogens is 286 g/mol. The van der Waals surface area contributed by atoms with Crippen molar-refractivity contribution in [2.24, 2.45) is 5.92 Å². The SMILES string of the molecule is CC.Cc1oc2c(C3CCN(C)CC3C)cccc2c(=O)c1C. The molecule has 1 aromatic heterocycles. The van der Waals surface area contributed by atoms with Crippen LogP contribution in [0.15, 0.2) is 27.4 Å². The van der Waals surface area contributed by atoms with Gasteiger partial charge in [-0.05, 0) is 57.3 Å². The molecule has 2 heterocycles. The first-order valence-electron chi connectivity index (χ1n) is 8.70. The van der Waals surface area contributed by atoms with Crippen molar-refractivity contribution >= 4 is 11.0 Å². The molecule has 0 N–H and O–H groups in total. The third-order valence-electron chi connectivity index (χ3n) is 4.92. The third-order valence-corrected chi connectivity index (χ3v) is 4.92. The van der Waals surface area contributed by atoms with Crippen LogP contribution in [0.4, 0.5) is 0 Å². The van der Waals surface area contributed by atoms with Crippen molar-refractivity contribution in [3.05, 3.63) is 45.3 Å². The number of hydrogen-bond acceptors (Lipinski definition) is 3. The summed E-state index contributed by atoms with van der Waals surface area (Å²) in [7, 11) is 2.17. The molecule has 3 nitrogen and oxygen atoms in total. The van der Waals surface area contributed by atoms with Gasteiger partial charge in [-0.25, -0.2) is 0 Å². The number of piperidine rings is 1. The van der Waals surface area contributed by atoms with Gasteiger partial charge in [-0.1, -0.05) is 32.9 Å². The fraction of sp³-hybridized carbons (Fsp3) is 0.550. The Morgan fingerprint density at radius 2 is 1.91 bits per heavy atom. The Kier molecular flexibility index (Phi) is 5.64. The van der Waals surface area contributed by atoms with Crippen molar-refractivity contribution in [3.63, 3.8) is 0 Å². The summed E-state index contributed by atoms with van der Waals surface area (Å²) >= 11 is 0. The molecule has 1 fully saturated rings. The van der Waals surface area contributed by atoms with Gasteiger partial charge in [0.05, 0.1) is 5.39 Å². The van der Waals surface area contributed by atoms with Gasteiger partial charge in [0.15, 0.2) is 5.43 Å². The zero-order chi connectivity index (χ0) is 17.1. The fourth-order valence-electron chi connectivity index (χ4n) is 3.55. The van der Waals surface area contributed by atoms with Crippen molar-refractivity contribution in [1.82, 2.24) is 4.90 Å². The molecule has 0 aliphatic carbocycles. The highest BCUT2D eigenvalue weighted by Gasteiger charge is 2.28. The van der Waals surface area contributed by atoms with Crippen LogP contribution in [0.3, 0.4) is 0 Å². The lowest BCUT2D eigenvalue weighted by Gasteiger charge is -2.35. The zero-order valence-electron chi connectivity index (χ0n) is 15.3. The van der Waals surface area contributed by atoms with Gasteiger partial charge in [-0.2, -0.15) is 0 Å². The maximum absolute atomic E-state index is 12.4. The van der Waals surface area contributed by atoms with E-state index in [1.165, 1.54) is 5.56 Å². The van der Waals surface area contributed by atoms with E-state index in [1.54, 1.807) is 0 Å². The van der Waals surface area contributed by atoms with Crippen LogP contribution in [-0.4, -0.2) is 25.0 Å². The largest absolute Gasteiger partial charge is 0.461 e. The van der Waals surface area contributed by atoms with E-state index in [0.29, 0.717) is 11.8 Å². The standard InChI is InChI=1S/C18H23NO2.C2H6/c1-11-10-19(4)9-8-14(11)15-6-5-7-16-17(20)12(2)13(3)21-18(15)16;1-2/h5-7,11,14H,8-10H2,1-4H3;1-2H3. The molecule has 0 bridgehead atoms. The number of nitrogens with zero attached hydrogens (tertiary/aromatic N) is 1. The molecule has 2 aromatic rings. The van der Waals surface area contributed by atoms with Crippen LogP contribution in [0, 0.1) is 19.8 Å². The van der Waals surface area contributed by atoms with E-state index in [1.807, 2.05) is 39.8 Å². The van der Waals surface area contributed by atoms with Crippen molar-refractivity contribution in [2.45, 2.75) is 47.0 Å². The van der Waals surface area contributed by atoms with Crippen LogP contribution in [0.25, 0.3) is 11.0 Å². The number of para-hydroxylation sites is 1. The Hall–Kier alpha value is -1.61. The van der Waals surface area contributed by atoms with Crippen LogP contribution in [-0.2, 0) is 0 Å². The van der Waals surface area contributed by atoms with Gasteiger partial charge >= 0.3 is 0 Å². The van der Waals surface area contributed by atoms with E-state index in [0.717, 1.165) is 41.8 Å². The molecule has 3 heteroatoms. The van der Waals surface area contributed by atoms with Crippen molar-refractivity contribution in [1.29, 1.82) is 0 Å². The lowest BCUT2D eigenvalue weighted by molar-refractivity contribution is 0.195. The quantitative estimate of drug-likeness (QED) is 0.777. The van der Waals surface area contributed by atoms with Crippen LogP contribution >= 0.6 is 0 Å². The van der Waals surface area contributed by atoms with Gasteiger partial charge in [0.2, 0.25) is 0 Å². The van der Waals surface area contributed by atoms with E-state index in [2.05, 4.69) is 24.9 Å². The summed E-state index contributed by atoms with van der Waals surface area (Å²) in [6.45, 7) is 12.2. The second-order valence-electron chi connectivity index (χ2n) is 6.47. The number of aryl methyl sites for hydroxylation is 1. The number of rotatable bonds is 1. The second-order valence-corrected chi connectivity index (χ2v) is 6.47. The summed E-state index contributed by atoms with van der Waals surface area (Å²) in [4.78, 5) is 14.8. The number of fused-ring (bicyclic) bond motifs is 1. The van der Waals surface area contributed by atoms with Crippen LogP contribution in [0.1, 0.15) is 50.0 Å². The Balaban J connectivity index is 0.000000924. The lowest BCUT2D eigenvalue weighted by atomic mass is 9.81. The predicted molar refractivity (Wildman–Crippen MR) is 97.3 cm³/mol. The maximum Gasteiger partial charge on any atom is 0.195 e. The zero-order valence-corrected chi connectivity index (χ0v) is 15.3. The Morgan fingerprint density at radius 1 is 1.22 bits per heavy atom. The molecule has 0 saturated carbocycles. The van der Waals surface area contributed by atoms with Gasteiger partial charge in [0.25, 0.3) is 0 Å². The molecular formula is C20H29NO2. The maximum atomic E-state index is 12.4. The van der Waals surface area contributed by atoms with Gasteiger partial charge in [-0.3, -0.25) is 4.79 Å². The average molecular weight is 315 g/mol. The lowest BCUT2D eigenvalue weighted by Crippen LogP contribution is -2.35. The molecule has 0 spiro atoms. The molecule has 1 aromatic carbocycles. The minimum absolute atomic E-state index is 0.108. The smallest absolute Gasteiger partial charge is 0.195 e. The first-order valence-corrected chi connectivity index (χ1v) is 8.70. The van der Waals surface area contributed by atoms with Gasteiger partial charge in [-0.15, -0.1) is 0 Å². The van der Waals surface area contributed by atoms with Crippen molar-refractivity contribution in [3.8, 4) is 0 Å². The molecule has 23 heavy (non-hydrogen) atoms. The average Bonchev–Trinajstić information content (AvgIpc) is 2.55. The van der Waals surface area contributed by atoms with E-state index in [-0.39, 0.29) is 5.43 Å². The summed E-state index contributed by atoms with van der Waals surface area (Å²) in [5, 5.41) is 0.724. The Bertz CT molecular complexity index is 732. The first-order chi connectivity index (χ1) is 11.0. The molecule has 2 atom stereocenters. The van der Waals surface area contributed by atoms with E-state index in [9.17, 15) is 4.79 Å². The first kappa shape index (κ1) is 17.7. The van der Waals surface area contributed by atoms with Crippen molar-refractivity contribution in [2.75, 3.05) is 20.1 Å². The molecule has 3 rings (SSSR count). The molecule has 1 saturated heterocycles. The minimum atomic E-state index is 0.108. The van der Waals surface area contributed by atoms with Gasteiger partial charge in [0, 0.05) is 12.1 Å². The van der Waals surface area contributed by atoms with E-state index >= 15 is 0 Å². The minimum Gasteiger partial charge on any atom is -0.461 e. The highest BCUT2D eigenvalue weighted by Crippen LogP contribution is 2.36. The second kappa shape index (κ2) is 7.31. The Labute approximate surface area is 139 Å². The number of hydrogen-bond donors (Lipinski definition) is 0. The summed E-state index contributed by atoms with van der Waals surface area (Å²) in [6, 6.07) is 6.01. The summed E-state index contributed by atoms with van der Waals surface area (Å²) < 4.78 is 6.02. The molecule has 126 valence electrons. The number of benzene rings is 1. The molecule has 2 unspecified atom stereocenters. The predicted octanol–water partition coefficient (Wildman–Crippen LogP) is 4.49. The molecule has 1 aliphatic heterocycles. The van der Waals surface area contributed by atoms with Crippen LogP contribution in [0.2, 0.25) is 0 Å². The number of likely N-dealkylation sites (tertiary alicyclic amines) is 1. The highest BCUT2D eigenvalue weighted by molar-refractivity contribution is 5.81. The van der Waals surface area contributed by atoms with Crippen molar-refractivity contribution < 1.29 is 4.42 Å². The molecule has 0 amide bonds. The monoisotopic (exact) mass is 315 g/mol. The topological polar surface area (TPSA) is 33.5 Å². The summed E-state index contributed by atoms with van der Waals surface area (Å²) in [6.07, 6.45) is 1.12. The summed E-state index contributed by atoms with van der Waals surface area (Å²) in [5.74, 6) is 1.77. The fourth-order valence-corrected chi connectivity index (χ4v) is 3.55. The van der Waals surface area contributed by atoms with E-state index < -0.39 is 0 Å². The Morgan fingerprint density at radius 3 is 2.57 bits per heavy atom. The van der Waals surface area contributed by atoms with E-state index in [4.69, 9.17) is 4.42 Å². The molecule has 0 radical (unpaired) electrons. The normalized spacial score (nSPS) is 21.8. The van der Waals surface area contributed by atoms with Gasteiger partial charge in [0.1, 0.15) is 11.3 Å². The molecule has 1 aliphatic rings. The summed E-state index contributed by atoms with van der Waals surface area (Å²) in [5.41, 5.74) is 2.83. The van der Waals surface area contributed by atoms with Crippen LogP contribution in [0.5, 0.6) is 0 Å². The third kappa shape index (κ3) is 3.35. The highest BCUT2D eigenvalue weighted by atomic mass is 16.3. The van der Waals surface area contributed by atoms with Gasteiger partial charge < -0.3 is 9.32 Å². The van der Waals surface area contributed by atoms with Crippen LogP contribution < -0.4 is 5.43 Å².